The van der Waals surface area contributed by atoms with Crippen molar-refractivity contribution in [3.63, 3.8) is 0 Å². The largest absolute Gasteiger partial charge is 0.145 e. The Labute approximate surface area is 157 Å². The Morgan fingerprint density at radius 3 is 1.71 bits per heavy atom. The van der Waals surface area contributed by atoms with Crippen LogP contribution in [0.4, 0.5) is 0 Å². The van der Waals surface area contributed by atoms with Crippen LogP contribution in [0.5, 0.6) is 0 Å². The summed E-state index contributed by atoms with van der Waals surface area (Å²) in [4.78, 5) is 9.24. The molecular weight excluding hydrogens is 348 g/mol. The van der Waals surface area contributed by atoms with Gasteiger partial charge in [0.2, 0.25) is 0 Å². The van der Waals surface area contributed by atoms with Gasteiger partial charge in [0.25, 0.3) is 0 Å². The van der Waals surface area contributed by atoms with Crippen LogP contribution in [0.15, 0.2) is 36.4 Å². The van der Waals surface area contributed by atoms with E-state index >= 15 is 0 Å². The van der Waals surface area contributed by atoms with Crippen LogP contribution < -0.4 is 0 Å². The first kappa shape index (κ1) is 16.6. The van der Waals surface area contributed by atoms with E-state index in [2.05, 4.69) is 57.2 Å². The van der Waals surface area contributed by atoms with Crippen LogP contribution in [-0.4, -0.2) is 0 Å². The van der Waals surface area contributed by atoms with Gasteiger partial charge in [-0.2, -0.15) is 0 Å². The lowest BCUT2D eigenvalue weighted by Gasteiger charge is -2.17. The maximum Gasteiger partial charge on any atom is 0.00826 e. The van der Waals surface area contributed by atoms with Gasteiger partial charge >= 0.3 is 0 Å². The molecule has 4 rings (SSSR count). The Hall–Kier alpha value is -0.900. The van der Waals surface area contributed by atoms with Gasteiger partial charge in [0.15, 0.2) is 0 Å². The lowest BCUT2D eigenvalue weighted by atomic mass is 9.93. The Bertz CT molecular complexity index is 820. The molecule has 0 N–H and O–H groups in total. The Kier molecular flexibility index (Phi) is 4.68. The molecule has 3 heteroatoms. The SMILES string of the molecule is CC1Cc2ccc(s2)C(C)C(C)c2ccc(s2)CCc2ccc1s2. The standard InChI is InChI=1S/C21H24S3/c1-13-12-18-8-11-21(24-18)15(3)14(2)20-10-7-17(23-20)5-4-16-6-9-19(13)22-16/h6-11,13-15H,4-5,12H2,1-3H3. The minimum atomic E-state index is 0.600. The summed E-state index contributed by atoms with van der Waals surface area (Å²) < 4.78 is 0. The summed E-state index contributed by atoms with van der Waals surface area (Å²) in [5.41, 5.74) is 0. The number of fused-ring (bicyclic) bond motifs is 6. The first-order valence-electron chi connectivity index (χ1n) is 8.86. The average Bonchev–Trinajstić information content (AvgIpc) is 3.30. The Morgan fingerprint density at radius 2 is 1.08 bits per heavy atom. The van der Waals surface area contributed by atoms with Crippen LogP contribution in [0.3, 0.4) is 0 Å². The highest BCUT2D eigenvalue weighted by Gasteiger charge is 2.21. The molecule has 1 aliphatic rings. The van der Waals surface area contributed by atoms with E-state index in [1.54, 1.807) is 14.6 Å². The molecule has 0 saturated carbocycles. The van der Waals surface area contributed by atoms with Crippen molar-refractivity contribution < 1.29 is 0 Å². The van der Waals surface area contributed by atoms with Crippen LogP contribution in [0.1, 0.15) is 67.8 Å². The number of hydrogen-bond donors (Lipinski definition) is 0. The van der Waals surface area contributed by atoms with Gasteiger partial charge in [0.1, 0.15) is 0 Å². The zero-order valence-electron chi connectivity index (χ0n) is 14.5. The number of aryl methyl sites for hydroxylation is 2. The molecule has 24 heavy (non-hydrogen) atoms. The van der Waals surface area contributed by atoms with Gasteiger partial charge in [0, 0.05) is 29.3 Å². The topological polar surface area (TPSA) is 0 Å². The van der Waals surface area contributed by atoms with Crippen LogP contribution in [0.2, 0.25) is 0 Å². The van der Waals surface area contributed by atoms with Gasteiger partial charge < -0.3 is 0 Å². The van der Waals surface area contributed by atoms with Gasteiger partial charge in [0.05, 0.1) is 0 Å². The third-order valence-corrected chi connectivity index (χ3v) is 9.34. The fourth-order valence-electron chi connectivity index (χ4n) is 3.46. The first-order valence-corrected chi connectivity index (χ1v) is 11.3. The predicted octanol–water partition coefficient (Wildman–Crippen LogP) is 7.22. The number of rotatable bonds is 0. The molecule has 1 aliphatic heterocycles. The lowest BCUT2D eigenvalue weighted by Crippen LogP contribution is -2.01. The van der Waals surface area contributed by atoms with Crippen molar-refractivity contribution in [1.29, 1.82) is 0 Å². The predicted molar refractivity (Wildman–Crippen MR) is 109 cm³/mol. The maximum absolute atomic E-state index is 2.40. The van der Waals surface area contributed by atoms with E-state index in [-0.39, 0.29) is 0 Å². The van der Waals surface area contributed by atoms with Gasteiger partial charge in [-0.1, -0.05) is 20.8 Å². The molecule has 3 atom stereocenters. The van der Waals surface area contributed by atoms with Crippen LogP contribution in [0, 0.1) is 0 Å². The van der Waals surface area contributed by atoms with Crippen molar-refractivity contribution in [1.82, 2.24) is 0 Å². The van der Waals surface area contributed by atoms with Gasteiger partial charge in [-0.05, 0) is 73.4 Å². The molecule has 0 nitrogen and oxygen atoms in total. The fourth-order valence-corrected chi connectivity index (χ4v) is 6.99. The van der Waals surface area contributed by atoms with Gasteiger partial charge in [-0.25, -0.2) is 0 Å². The van der Waals surface area contributed by atoms with E-state index in [4.69, 9.17) is 0 Å². The summed E-state index contributed by atoms with van der Waals surface area (Å²) >= 11 is 6.07. The smallest absolute Gasteiger partial charge is 0.00826 e. The summed E-state index contributed by atoms with van der Waals surface area (Å²) in [7, 11) is 0. The lowest BCUT2D eigenvalue weighted by molar-refractivity contribution is 0.643. The second-order valence-corrected chi connectivity index (χ2v) is 10.7. The number of thiophene rings is 3. The van der Waals surface area contributed by atoms with E-state index in [1.807, 2.05) is 34.0 Å². The summed E-state index contributed by atoms with van der Waals surface area (Å²) in [5, 5.41) is 0. The van der Waals surface area contributed by atoms with Gasteiger partial charge in [-0.3, -0.25) is 0 Å². The highest BCUT2D eigenvalue weighted by atomic mass is 32.1. The van der Waals surface area contributed by atoms with Crippen LogP contribution >= 0.6 is 34.0 Å². The molecular formula is C21H24S3. The molecule has 0 radical (unpaired) electrons. The second kappa shape index (κ2) is 6.78. The summed E-state index contributed by atoms with van der Waals surface area (Å²) in [6.07, 6.45) is 3.54. The molecule has 0 fully saturated rings. The summed E-state index contributed by atoms with van der Waals surface area (Å²) in [5.74, 6) is 1.83. The van der Waals surface area contributed by atoms with Crippen molar-refractivity contribution >= 4 is 34.0 Å². The highest BCUT2D eigenvalue weighted by Crippen LogP contribution is 2.40. The van der Waals surface area contributed by atoms with E-state index in [0.717, 1.165) is 0 Å². The average molecular weight is 373 g/mol. The van der Waals surface area contributed by atoms with Crippen molar-refractivity contribution in [2.24, 2.45) is 0 Å². The quantitative estimate of drug-likeness (QED) is 0.390. The van der Waals surface area contributed by atoms with Gasteiger partial charge in [-0.15, -0.1) is 34.0 Å². The Morgan fingerprint density at radius 1 is 0.625 bits per heavy atom. The van der Waals surface area contributed by atoms with Crippen LogP contribution in [0.25, 0.3) is 0 Å². The minimum Gasteiger partial charge on any atom is -0.145 e. The molecule has 6 bridgehead atoms. The molecule has 3 aromatic heterocycles. The highest BCUT2D eigenvalue weighted by molar-refractivity contribution is 7.13. The zero-order chi connectivity index (χ0) is 16.7. The first-order chi connectivity index (χ1) is 11.6. The normalized spacial score (nSPS) is 24.4. The van der Waals surface area contributed by atoms with E-state index in [9.17, 15) is 0 Å². The monoisotopic (exact) mass is 372 g/mol. The molecule has 4 heterocycles. The molecule has 0 amide bonds. The molecule has 126 valence electrons. The van der Waals surface area contributed by atoms with Crippen LogP contribution in [-0.2, 0) is 19.3 Å². The maximum atomic E-state index is 2.40. The summed E-state index contributed by atoms with van der Waals surface area (Å²) in [6.45, 7) is 7.17. The van der Waals surface area contributed by atoms with E-state index in [1.165, 1.54) is 33.9 Å². The third-order valence-electron chi connectivity index (χ3n) is 5.31. The van der Waals surface area contributed by atoms with Crippen molar-refractivity contribution in [2.45, 2.75) is 57.8 Å². The van der Waals surface area contributed by atoms with Crippen molar-refractivity contribution in [2.75, 3.05) is 0 Å². The third kappa shape index (κ3) is 3.26. The van der Waals surface area contributed by atoms with Crippen molar-refractivity contribution in [3.8, 4) is 0 Å². The molecule has 0 aliphatic carbocycles. The minimum absolute atomic E-state index is 0.600. The summed E-state index contributed by atoms with van der Waals surface area (Å²) in [6, 6.07) is 14.2. The Balaban J connectivity index is 1.72. The molecule has 3 unspecified atom stereocenters. The number of hydrogen-bond acceptors (Lipinski definition) is 3. The molecule has 0 spiro atoms. The molecule has 0 saturated heterocycles. The van der Waals surface area contributed by atoms with E-state index in [0.29, 0.717) is 17.8 Å². The molecule has 0 aromatic carbocycles. The zero-order valence-corrected chi connectivity index (χ0v) is 17.0. The second-order valence-electron chi connectivity index (χ2n) is 7.09. The van der Waals surface area contributed by atoms with Crippen molar-refractivity contribution in [3.05, 3.63) is 65.7 Å². The fraction of sp³-hybridized carbons (Fsp3) is 0.429. The molecule has 3 aromatic rings. The van der Waals surface area contributed by atoms with E-state index < -0.39 is 0 Å².